The van der Waals surface area contributed by atoms with E-state index in [1.807, 2.05) is 30.3 Å². The number of nitrogens with one attached hydrogen (secondary N) is 2. The van der Waals surface area contributed by atoms with Crippen LogP contribution in [0.2, 0.25) is 0 Å². The average Bonchev–Trinajstić information content (AvgIpc) is 3.20. The normalized spacial score (nSPS) is 19.5. The summed E-state index contributed by atoms with van der Waals surface area (Å²) in [5, 5.41) is 11.7. The van der Waals surface area contributed by atoms with E-state index in [1.165, 1.54) is 0 Å². The summed E-state index contributed by atoms with van der Waals surface area (Å²) in [6.07, 6.45) is 1.98. The molecule has 1 saturated heterocycles. The van der Waals surface area contributed by atoms with Crippen molar-refractivity contribution >= 4 is 29.6 Å². The van der Waals surface area contributed by atoms with Gasteiger partial charge >= 0.3 is 6.03 Å². The van der Waals surface area contributed by atoms with Crippen molar-refractivity contribution in [1.29, 1.82) is 0 Å². The van der Waals surface area contributed by atoms with Crippen molar-refractivity contribution < 1.29 is 14.4 Å². The van der Waals surface area contributed by atoms with Crippen molar-refractivity contribution in [2.75, 3.05) is 5.75 Å². The van der Waals surface area contributed by atoms with E-state index in [0.29, 0.717) is 11.6 Å². The highest BCUT2D eigenvalue weighted by atomic mass is 32.2. The zero-order valence-corrected chi connectivity index (χ0v) is 15.1. The molecule has 3 rings (SSSR count). The molecule has 4 amide bonds. The fraction of sp³-hybridized carbons (Fsp3) is 0.312. The molecule has 1 aromatic heterocycles. The average molecular weight is 374 g/mol. The van der Waals surface area contributed by atoms with Gasteiger partial charge in [-0.05, 0) is 25.5 Å². The lowest BCUT2D eigenvalue weighted by molar-refractivity contribution is -0.137. The van der Waals surface area contributed by atoms with E-state index in [1.54, 1.807) is 24.7 Å². The van der Waals surface area contributed by atoms with Gasteiger partial charge in [0.15, 0.2) is 5.16 Å². The Morgan fingerprint density at radius 2 is 2.04 bits per heavy atom. The Kier molecular flexibility index (Phi) is 4.94. The number of para-hydroxylation sites is 1. The predicted octanol–water partition coefficient (Wildman–Crippen LogP) is 1.11. The summed E-state index contributed by atoms with van der Waals surface area (Å²) in [7, 11) is 0. The van der Waals surface area contributed by atoms with Gasteiger partial charge in [-0.2, -0.15) is 5.01 Å². The maximum Gasteiger partial charge on any atom is 0.344 e. The molecule has 0 bridgehead atoms. The quantitative estimate of drug-likeness (QED) is 0.579. The lowest BCUT2D eigenvalue weighted by atomic mass is 10.00. The number of hydrogen-bond acceptors (Lipinski definition) is 6. The molecule has 1 fully saturated rings. The number of carbonyl (C=O) groups excluding carboxylic acids is 3. The largest absolute Gasteiger partial charge is 0.344 e. The number of carbonyl (C=O) groups is 3. The number of rotatable bonds is 6. The van der Waals surface area contributed by atoms with Gasteiger partial charge in [0.1, 0.15) is 11.9 Å². The summed E-state index contributed by atoms with van der Waals surface area (Å²) in [6, 6.07) is 8.83. The molecule has 1 aliphatic heterocycles. The molecule has 1 aliphatic rings. The van der Waals surface area contributed by atoms with Crippen molar-refractivity contribution in [2.45, 2.75) is 31.0 Å². The third-order valence-electron chi connectivity index (χ3n) is 4.09. The molecular formula is C16H18N6O3S. The van der Waals surface area contributed by atoms with E-state index < -0.39 is 23.4 Å². The number of aromatic nitrogens is 3. The molecule has 9 nitrogen and oxygen atoms in total. The van der Waals surface area contributed by atoms with Crippen molar-refractivity contribution in [3.8, 4) is 5.69 Å². The molecule has 26 heavy (non-hydrogen) atoms. The second kappa shape index (κ2) is 7.16. The van der Waals surface area contributed by atoms with Gasteiger partial charge < -0.3 is 5.32 Å². The maximum atomic E-state index is 12.3. The molecule has 0 saturated carbocycles. The number of urea groups is 1. The van der Waals surface area contributed by atoms with Gasteiger partial charge in [0.2, 0.25) is 5.91 Å². The van der Waals surface area contributed by atoms with Gasteiger partial charge in [-0.3, -0.25) is 19.6 Å². The molecule has 1 unspecified atom stereocenters. The summed E-state index contributed by atoms with van der Waals surface area (Å²) in [5.41, 5.74) is 2.22. The van der Waals surface area contributed by atoms with Crippen LogP contribution in [-0.4, -0.2) is 48.9 Å². The van der Waals surface area contributed by atoms with Gasteiger partial charge in [0.05, 0.1) is 5.75 Å². The van der Waals surface area contributed by atoms with Crippen LogP contribution in [0, 0.1) is 0 Å². The summed E-state index contributed by atoms with van der Waals surface area (Å²) < 4.78 is 1.75. The number of amides is 4. The Labute approximate surface area is 154 Å². The van der Waals surface area contributed by atoms with Crippen molar-refractivity contribution in [3.05, 3.63) is 36.7 Å². The number of thioether (sulfide) groups is 1. The highest BCUT2D eigenvalue weighted by Gasteiger charge is 2.47. The zero-order valence-electron chi connectivity index (χ0n) is 14.3. The highest BCUT2D eigenvalue weighted by molar-refractivity contribution is 7.99. The third-order valence-corrected chi connectivity index (χ3v) is 5.03. The number of nitrogens with zero attached hydrogens (tertiary/aromatic N) is 4. The van der Waals surface area contributed by atoms with Crippen molar-refractivity contribution in [1.82, 2.24) is 30.5 Å². The molecule has 2 aromatic rings. The first kappa shape index (κ1) is 17.9. The van der Waals surface area contributed by atoms with Gasteiger partial charge in [0, 0.05) is 5.69 Å². The molecule has 0 spiro atoms. The van der Waals surface area contributed by atoms with Crippen LogP contribution in [0.4, 0.5) is 4.79 Å². The van der Waals surface area contributed by atoms with E-state index in [4.69, 9.17) is 0 Å². The van der Waals surface area contributed by atoms with Gasteiger partial charge in [-0.1, -0.05) is 36.9 Å². The third kappa shape index (κ3) is 3.40. The number of imide groups is 1. The van der Waals surface area contributed by atoms with Gasteiger partial charge in [-0.25, -0.2) is 4.79 Å². The Hall–Kier alpha value is -2.88. The van der Waals surface area contributed by atoms with Crippen LogP contribution in [0.25, 0.3) is 5.69 Å². The Balaban J connectivity index is 1.62. The van der Waals surface area contributed by atoms with E-state index >= 15 is 0 Å². The summed E-state index contributed by atoms with van der Waals surface area (Å²) in [6.45, 7) is 3.41. The second-order valence-corrected chi connectivity index (χ2v) is 6.84. The highest BCUT2D eigenvalue weighted by Crippen LogP contribution is 2.21. The molecule has 136 valence electrons. The topological polar surface area (TPSA) is 109 Å². The van der Waals surface area contributed by atoms with E-state index in [2.05, 4.69) is 20.9 Å². The van der Waals surface area contributed by atoms with Crippen LogP contribution in [0.1, 0.15) is 20.3 Å². The molecule has 10 heteroatoms. The summed E-state index contributed by atoms with van der Waals surface area (Å²) >= 11 is 1.16. The number of hydrogen-bond donors (Lipinski definition) is 2. The smallest absolute Gasteiger partial charge is 0.322 e. The molecule has 2 N–H and O–H groups in total. The second-order valence-electron chi connectivity index (χ2n) is 5.90. The molecule has 1 aromatic carbocycles. The lowest BCUT2D eigenvalue weighted by Crippen LogP contribution is -2.49. The lowest BCUT2D eigenvalue weighted by Gasteiger charge is -2.19. The van der Waals surface area contributed by atoms with Crippen LogP contribution < -0.4 is 10.7 Å². The van der Waals surface area contributed by atoms with Crippen LogP contribution in [0.15, 0.2) is 41.8 Å². The Bertz CT molecular complexity index is 840. The fourth-order valence-electron chi connectivity index (χ4n) is 2.40. The Morgan fingerprint density at radius 1 is 1.31 bits per heavy atom. The van der Waals surface area contributed by atoms with E-state index in [0.717, 1.165) is 22.5 Å². The van der Waals surface area contributed by atoms with Gasteiger partial charge in [0.25, 0.3) is 5.91 Å². The number of benzene rings is 1. The first-order valence-electron chi connectivity index (χ1n) is 7.99. The SMILES string of the molecule is CCC1(C)NC(=O)N(NC(=O)CSc2nncn2-c2ccccc2)C1=O. The standard InChI is InChI=1S/C16H18N6O3S/c1-3-16(2)13(24)22(14(25)18-16)20-12(23)9-26-15-19-17-10-21(15)11-7-5-4-6-8-11/h4-8,10H,3,9H2,1-2H3,(H,18,25)(H,20,23). The van der Waals surface area contributed by atoms with Crippen molar-refractivity contribution in [3.63, 3.8) is 0 Å². The zero-order chi connectivity index (χ0) is 18.7. The van der Waals surface area contributed by atoms with Crippen LogP contribution in [0.3, 0.4) is 0 Å². The first-order chi connectivity index (χ1) is 12.4. The van der Waals surface area contributed by atoms with Crippen molar-refractivity contribution in [2.24, 2.45) is 0 Å². The van der Waals surface area contributed by atoms with E-state index in [-0.39, 0.29) is 5.75 Å². The van der Waals surface area contributed by atoms with E-state index in [9.17, 15) is 14.4 Å². The Morgan fingerprint density at radius 3 is 2.69 bits per heavy atom. The monoisotopic (exact) mass is 374 g/mol. The minimum Gasteiger partial charge on any atom is -0.322 e. The number of hydrazine groups is 1. The molecular weight excluding hydrogens is 356 g/mol. The molecule has 1 atom stereocenters. The maximum absolute atomic E-state index is 12.3. The van der Waals surface area contributed by atoms with Gasteiger partial charge in [-0.15, -0.1) is 10.2 Å². The summed E-state index contributed by atoms with van der Waals surface area (Å²) in [5.74, 6) is -0.983. The predicted molar refractivity (Wildman–Crippen MR) is 94.3 cm³/mol. The minimum atomic E-state index is -0.995. The minimum absolute atomic E-state index is 0.0224. The summed E-state index contributed by atoms with van der Waals surface area (Å²) in [4.78, 5) is 36.4. The van der Waals surface area contributed by atoms with Crippen LogP contribution in [0.5, 0.6) is 0 Å². The van der Waals surface area contributed by atoms with Crippen LogP contribution in [-0.2, 0) is 9.59 Å². The molecule has 2 heterocycles. The van der Waals surface area contributed by atoms with Crippen LogP contribution >= 0.6 is 11.8 Å². The molecule has 0 radical (unpaired) electrons. The fourth-order valence-corrected chi connectivity index (χ4v) is 3.12. The molecule has 0 aliphatic carbocycles. The first-order valence-corrected chi connectivity index (χ1v) is 8.97.